The number of piperazine rings is 1. The number of rotatable bonds is 8. The van der Waals surface area contributed by atoms with Crippen LogP contribution in [0.4, 0.5) is 5.69 Å². The molecule has 1 aromatic heterocycles. The van der Waals surface area contributed by atoms with Gasteiger partial charge in [-0.2, -0.15) is 10.5 Å². The zero-order valence-corrected chi connectivity index (χ0v) is 21.2. The van der Waals surface area contributed by atoms with Crippen molar-refractivity contribution in [2.24, 2.45) is 0 Å². The number of benzene rings is 1. The average Bonchev–Trinajstić information content (AvgIpc) is 3.20. The number of nitrogens with one attached hydrogen (secondary N) is 2. The summed E-state index contributed by atoms with van der Waals surface area (Å²) in [4.78, 5) is 40.9. The highest BCUT2D eigenvalue weighted by Crippen LogP contribution is 2.12. The lowest BCUT2D eigenvalue weighted by molar-refractivity contribution is -0.130. The molecule has 0 unspecified atom stereocenters. The maximum atomic E-state index is 12.9. The third kappa shape index (κ3) is 6.60. The van der Waals surface area contributed by atoms with Gasteiger partial charge in [0.2, 0.25) is 5.91 Å². The minimum absolute atomic E-state index is 0.122. The van der Waals surface area contributed by atoms with E-state index in [0.717, 1.165) is 61.7 Å². The molecule has 1 aromatic carbocycles. The molecule has 1 aliphatic heterocycles. The number of aromatic nitrogens is 1. The Kier molecular flexibility index (Phi) is 9.39. The quantitative estimate of drug-likeness (QED) is 0.473. The van der Waals surface area contributed by atoms with Crippen LogP contribution in [-0.2, 0) is 22.6 Å². The molecule has 0 aliphatic carbocycles. The highest BCUT2D eigenvalue weighted by Gasteiger charge is 2.18. The van der Waals surface area contributed by atoms with Crippen LogP contribution < -0.4 is 25.4 Å². The van der Waals surface area contributed by atoms with Gasteiger partial charge in [0.15, 0.2) is 5.57 Å². The summed E-state index contributed by atoms with van der Waals surface area (Å²) >= 11 is 1.05. The Labute approximate surface area is 213 Å². The van der Waals surface area contributed by atoms with Gasteiger partial charge in [0.05, 0.1) is 6.07 Å². The lowest BCUT2D eigenvalue weighted by Gasteiger charge is -2.34. The van der Waals surface area contributed by atoms with Crippen LogP contribution in [0.15, 0.2) is 29.1 Å². The SMILES string of the molecule is CCn1c(=O)/c(=C\Nc2cccc(CCN3CCN(C(C)=O)CC3)c2)s/c1=C(/C#N)C(=O)NCC#N. The van der Waals surface area contributed by atoms with Gasteiger partial charge in [-0.3, -0.25) is 23.9 Å². The fourth-order valence-corrected chi connectivity index (χ4v) is 5.02. The number of anilines is 1. The molecule has 2 aromatic rings. The van der Waals surface area contributed by atoms with Crippen LogP contribution in [0.2, 0.25) is 0 Å². The molecule has 11 heteroatoms. The third-order valence-corrected chi connectivity index (χ3v) is 7.07. The number of hydrogen-bond acceptors (Lipinski definition) is 8. The lowest BCUT2D eigenvalue weighted by Crippen LogP contribution is -2.48. The number of amides is 2. The molecule has 0 spiro atoms. The zero-order valence-electron chi connectivity index (χ0n) is 20.4. The minimum atomic E-state index is -0.683. The maximum Gasteiger partial charge on any atom is 0.270 e. The smallest absolute Gasteiger partial charge is 0.270 e. The van der Waals surface area contributed by atoms with Crippen LogP contribution in [0, 0.1) is 22.7 Å². The topological polar surface area (TPSA) is 134 Å². The first kappa shape index (κ1) is 26.7. The van der Waals surface area contributed by atoms with Crippen molar-refractivity contribution >= 4 is 40.6 Å². The number of hydrogen-bond donors (Lipinski definition) is 2. The van der Waals surface area contributed by atoms with Gasteiger partial charge in [-0.25, -0.2) is 0 Å². The van der Waals surface area contributed by atoms with Crippen molar-refractivity contribution in [2.45, 2.75) is 26.8 Å². The molecule has 2 amide bonds. The number of carbonyl (C=O) groups is 2. The van der Waals surface area contributed by atoms with Crippen LogP contribution >= 0.6 is 11.3 Å². The van der Waals surface area contributed by atoms with Gasteiger partial charge >= 0.3 is 0 Å². The van der Waals surface area contributed by atoms with E-state index in [1.807, 2.05) is 29.2 Å². The summed E-state index contributed by atoms with van der Waals surface area (Å²) in [7, 11) is 0. The normalized spacial score (nSPS) is 15.1. The average molecular weight is 508 g/mol. The molecule has 3 rings (SSSR count). The molecule has 10 nitrogen and oxygen atoms in total. The second-order valence-corrected chi connectivity index (χ2v) is 9.27. The first-order valence-electron chi connectivity index (χ1n) is 11.7. The van der Waals surface area contributed by atoms with Crippen molar-refractivity contribution in [1.29, 1.82) is 10.5 Å². The predicted molar refractivity (Wildman–Crippen MR) is 138 cm³/mol. The van der Waals surface area contributed by atoms with E-state index in [1.165, 1.54) is 4.57 Å². The summed E-state index contributed by atoms with van der Waals surface area (Å²) in [6.45, 7) is 7.59. The van der Waals surface area contributed by atoms with E-state index in [0.29, 0.717) is 11.1 Å². The number of nitrogens with zero attached hydrogens (tertiary/aromatic N) is 5. The molecular weight excluding hydrogens is 478 g/mol. The molecule has 1 saturated heterocycles. The van der Waals surface area contributed by atoms with Crippen molar-refractivity contribution in [3.8, 4) is 12.1 Å². The van der Waals surface area contributed by atoms with Crippen molar-refractivity contribution < 1.29 is 9.59 Å². The minimum Gasteiger partial charge on any atom is -0.360 e. The Morgan fingerprint density at radius 1 is 1.19 bits per heavy atom. The Hall–Kier alpha value is -3.93. The predicted octanol–water partition coefficient (Wildman–Crippen LogP) is -0.200. The van der Waals surface area contributed by atoms with Crippen molar-refractivity contribution in [3.05, 3.63) is 49.4 Å². The number of carbonyl (C=O) groups excluding carboxylic acids is 2. The van der Waals surface area contributed by atoms with Gasteiger partial charge in [-0.1, -0.05) is 12.1 Å². The van der Waals surface area contributed by atoms with Gasteiger partial charge in [0.25, 0.3) is 11.5 Å². The highest BCUT2D eigenvalue weighted by molar-refractivity contribution is 7.07. The summed E-state index contributed by atoms with van der Waals surface area (Å²) in [5.41, 5.74) is 1.48. The van der Waals surface area contributed by atoms with Gasteiger partial charge in [0.1, 0.15) is 21.8 Å². The zero-order chi connectivity index (χ0) is 26.1. The molecule has 1 aliphatic rings. The van der Waals surface area contributed by atoms with E-state index in [1.54, 1.807) is 26.1 Å². The molecule has 0 atom stereocenters. The first-order chi connectivity index (χ1) is 17.4. The summed E-state index contributed by atoms with van der Waals surface area (Å²) in [6, 6.07) is 11.6. The molecule has 0 radical (unpaired) electrons. The fraction of sp³-hybridized carbons (Fsp3) is 0.400. The summed E-state index contributed by atoms with van der Waals surface area (Å²) < 4.78 is 2.00. The number of thiazole rings is 1. The van der Waals surface area contributed by atoms with Gasteiger partial charge < -0.3 is 15.5 Å². The van der Waals surface area contributed by atoms with Crippen molar-refractivity contribution in [2.75, 3.05) is 44.6 Å². The highest BCUT2D eigenvalue weighted by atomic mass is 32.1. The van der Waals surface area contributed by atoms with E-state index in [9.17, 15) is 19.6 Å². The monoisotopic (exact) mass is 507 g/mol. The number of nitriles is 2. The van der Waals surface area contributed by atoms with E-state index in [2.05, 4.69) is 21.6 Å². The van der Waals surface area contributed by atoms with Crippen LogP contribution in [0.5, 0.6) is 0 Å². The van der Waals surface area contributed by atoms with E-state index in [-0.39, 0.29) is 28.2 Å². The van der Waals surface area contributed by atoms with Gasteiger partial charge in [0, 0.05) is 58.1 Å². The van der Waals surface area contributed by atoms with Gasteiger partial charge in [-0.05, 0) is 31.0 Å². The standard InChI is InChI=1S/C25H29N7O3S/c1-3-32-24(35)22(36-25(32)21(16-27)23(34)28-9-8-26)17-29-20-6-4-5-19(15-20)7-10-30-11-13-31(14-12-30)18(2)33/h4-6,15,17,29H,3,7,9-14H2,1-2H3,(H,28,34)/b22-17+,25-21-. The van der Waals surface area contributed by atoms with E-state index >= 15 is 0 Å². The Balaban J connectivity index is 1.75. The second kappa shape index (κ2) is 12.7. The van der Waals surface area contributed by atoms with Crippen LogP contribution in [0.3, 0.4) is 0 Å². The largest absolute Gasteiger partial charge is 0.360 e. The lowest BCUT2D eigenvalue weighted by atomic mass is 10.1. The molecule has 0 saturated carbocycles. The molecular formula is C25H29N7O3S. The van der Waals surface area contributed by atoms with Crippen molar-refractivity contribution in [1.82, 2.24) is 19.7 Å². The maximum absolute atomic E-state index is 12.9. The fourth-order valence-electron chi connectivity index (χ4n) is 3.94. The molecule has 2 N–H and O–H groups in total. The van der Waals surface area contributed by atoms with Crippen LogP contribution in [0.25, 0.3) is 11.8 Å². The van der Waals surface area contributed by atoms with Crippen molar-refractivity contribution in [3.63, 3.8) is 0 Å². The Bertz CT molecular complexity index is 1370. The van der Waals surface area contributed by atoms with Gasteiger partial charge in [-0.15, -0.1) is 11.3 Å². The molecule has 188 valence electrons. The molecule has 2 heterocycles. The summed E-state index contributed by atoms with van der Waals surface area (Å²) in [6.07, 6.45) is 2.45. The first-order valence-corrected chi connectivity index (χ1v) is 12.5. The van der Waals surface area contributed by atoms with Crippen LogP contribution in [0.1, 0.15) is 19.4 Å². The van der Waals surface area contributed by atoms with Crippen LogP contribution in [-0.4, -0.2) is 65.4 Å². The molecule has 1 fully saturated rings. The Morgan fingerprint density at radius 3 is 2.58 bits per heavy atom. The Morgan fingerprint density at radius 2 is 1.94 bits per heavy atom. The summed E-state index contributed by atoms with van der Waals surface area (Å²) in [5.74, 6) is -0.561. The summed E-state index contributed by atoms with van der Waals surface area (Å²) in [5, 5.41) is 23.7. The third-order valence-electron chi connectivity index (χ3n) is 5.94. The van der Waals surface area contributed by atoms with E-state index in [4.69, 9.17) is 5.26 Å². The molecule has 36 heavy (non-hydrogen) atoms. The van der Waals surface area contributed by atoms with E-state index < -0.39 is 5.91 Å². The molecule has 0 bridgehead atoms. The second-order valence-electron chi connectivity index (χ2n) is 8.24.